The standard InChI is InChI=1S/C13H17NO/c1-15-13-7-4-5-11(10-13)9-12-6-2-3-8-14-12/h4-5,7,9-10,14H,2-3,6,8H2,1H3. The number of methoxy groups -OCH3 is 1. The van der Waals surface area contributed by atoms with Crippen molar-refractivity contribution in [2.75, 3.05) is 13.7 Å². The van der Waals surface area contributed by atoms with Gasteiger partial charge in [-0.3, -0.25) is 0 Å². The molecule has 1 aromatic rings. The van der Waals surface area contributed by atoms with Crippen LogP contribution in [0.5, 0.6) is 5.75 Å². The van der Waals surface area contributed by atoms with Gasteiger partial charge in [-0.15, -0.1) is 0 Å². The van der Waals surface area contributed by atoms with Crippen LogP contribution in [0.2, 0.25) is 0 Å². The number of hydrogen-bond donors (Lipinski definition) is 1. The van der Waals surface area contributed by atoms with Crippen LogP contribution in [0.15, 0.2) is 30.0 Å². The van der Waals surface area contributed by atoms with Crippen molar-refractivity contribution in [3.8, 4) is 5.75 Å². The molecule has 0 saturated carbocycles. The molecule has 0 spiro atoms. The van der Waals surface area contributed by atoms with Crippen molar-refractivity contribution in [3.63, 3.8) is 0 Å². The highest BCUT2D eigenvalue weighted by atomic mass is 16.5. The van der Waals surface area contributed by atoms with E-state index in [1.807, 2.05) is 12.1 Å². The van der Waals surface area contributed by atoms with Crippen LogP contribution in [0.3, 0.4) is 0 Å². The highest BCUT2D eigenvalue weighted by molar-refractivity contribution is 5.54. The smallest absolute Gasteiger partial charge is 0.119 e. The third-order valence-corrected chi connectivity index (χ3v) is 2.66. The maximum Gasteiger partial charge on any atom is 0.119 e. The Morgan fingerprint density at radius 2 is 2.27 bits per heavy atom. The number of nitrogens with one attached hydrogen (secondary N) is 1. The Morgan fingerprint density at radius 3 is 3.00 bits per heavy atom. The minimum Gasteiger partial charge on any atom is -0.497 e. The fourth-order valence-electron chi connectivity index (χ4n) is 1.83. The summed E-state index contributed by atoms with van der Waals surface area (Å²) in [5.74, 6) is 0.917. The molecule has 0 amide bonds. The van der Waals surface area contributed by atoms with Crippen LogP contribution in [-0.2, 0) is 0 Å². The topological polar surface area (TPSA) is 21.3 Å². The van der Waals surface area contributed by atoms with Crippen molar-refractivity contribution >= 4 is 6.08 Å². The predicted molar refractivity (Wildman–Crippen MR) is 62.8 cm³/mol. The van der Waals surface area contributed by atoms with Gasteiger partial charge in [-0.25, -0.2) is 0 Å². The molecule has 1 aliphatic heterocycles. The van der Waals surface area contributed by atoms with E-state index in [2.05, 4.69) is 23.5 Å². The van der Waals surface area contributed by atoms with E-state index in [1.165, 1.54) is 24.1 Å². The van der Waals surface area contributed by atoms with Gasteiger partial charge in [0.1, 0.15) is 5.75 Å². The maximum absolute atomic E-state index is 5.19. The van der Waals surface area contributed by atoms with Crippen LogP contribution >= 0.6 is 0 Å². The molecule has 0 aliphatic carbocycles. The Bertz CT molecular complexity index is 349. The summed E-state index contributed by atoms with van der Waals surface area (Å²) in [6.45, 7) is 1.11. The number of piperidine rings is 1. The van der Waals surface area contributed by atoms with Crippen LogP contribution in [-0.4, -0.2) is 13.7 Å². The first-order valence-corrected chi connectivity index (χ1v) is 5.47. The summed E-state index contributed by atoms with van der Waals surface area (Å²) in [6.07, 6.45) is 5.96. The Morgan fingerprint density at radius 1 is 1.33 bits per heavy atom. The summed E-state index contributed by atoms with van der Waals surface area (Å²) in [4.78, 5) is 0. The number of benzene rings is 1. The van der Waals surface area contributed by atoms with Gasteiger partial charge in [-0.1, -0.05) is 12.1 Å². The number of allylic oxidation sites excluding steroid dienone is 1. The lowest BCUT2D eigenvalue weighted by Crippen LogP contribution is -2.19. The third kappa shape index (κ3) is 2.75. The van der Waals surface area contributed by atoms with E-state index in [9.17, 15) is 0 Å². The zero-order chi connectivity index (χ0) is 10.5. The molecular weight excluding hydrogens is 186 g/mol. The second-order valence-corrected chi connectivity index (χ2v) is 3.83. The molecule has 0 aromatic heterocycles. The van der Waals surface area contributed by atoms with E-state index in [0.717, 1.165) is 18.7 Å². The van der Waals surface area contributed by atoms with Gasteiger partial charge in [0.25, 0.3) is 0 Å². The zero-order valence-electron chi connectivity index (χ0n) is 9.12. The van der Waals surface area contributed by atoms with Gasteiger partial charge in [-0.05, 0) is 43.0 Å². The molecule has 1 N–H and O–H groups in total. The summed E-state index contributed by atoms with van der Waals surface area (Å²) in [5, 5.41) is 3.43. The Balaban J connectivity index is 2.14. The summed E-state index contributed by atoms with van der Waals surface area (Å²) < 4.78 is 5.19. The van der Waals surface area contributed by atoms with E-state index in [-0.39, 0.29) is 0 Å². The van der Waals surface area contributed by atoms with Crippen molar-refractivity contribution in [2.45, 2.75) is 19.3 Å². The maximum atomic E-state index is 5.19. The Labute approximate surface area is 91.0 Å². The molecule has 1 aromatic carbocycles. The van der Waals surface area contributed by atoms with Crippen molar-refractivity contribution in [1.82, 2.24) is 5.32 Å². The molecule has 1 aliphatic rings. The average molecular weight is 203 g/mol. The molecule has 2 rings (SSSR count). The zero-order valence-corrected chi connectivity index (χ0v) is 9.12. The Kier molecular flexibility index (Phi) is 3.28. The molecule has 80 valence electrons. The van der Waals surface area contributed by atoms with E-state index in [4.69, 9.17) is 4.74 Å². The molecule has 0 atom stereocenters. The van der Waals surface area contributed by atoms with Gasteiger partial charge >= 0.3 is 0 Å². The van der Waals surface area contributed by atoms with Crippen LogP contribution in [0.4, 0.5) is 0 Å². The SMILES string of the molecule is COc1cccc(C=C2CCCCN2)c1. The van der Waals surface area contributed by atoms with E-state index >= 15 is 0 Å². The molecule has 15 heavy (non-hydrogen) atoms. The first kappa shape index (κ1) is 10.1. The van der Waals surface area contributed by atoms with Gasteiger partial charge in [0.15, 0.2) is 0 Å². The summed E-state index contributed by atoms with van der Waals surface area (Å²) in [6, 6.07) is 8.15. The molecule has 1 heterocycles. The van der Waals surface area contributed by atoms with E-state index < -0.39 is 0 Å². The summed E-state index contributed by atoms with van der Waals surface area (Å²) in [5.41, 5.74) is 2.55. The molecule has 0 radical (unpaired) electrons. The number of ether oxygens (including phenoxy) is 1. The lowest BCUT2D eigenvalue weighted by atomic mass is 10.1. The third-order valence-electron chi connectivity index (χ3n) is 2.66. The van der Waals surface area contributed by atoms with Crippen LogP contribution in [0.25, 0.3) is 6.08 Å². The van der Waals surface area contributed by atoms with E-state index in [0.29, 0.717) is 0 Å². The second kappa shape index (κ2) is 4.87. The number of rotatable bonds is 2. The van der Waals surface area contributed by atoms with Crippen molar-refractivity contribution < 1.29 is 4.74 Å². The molecular formula is C13H17NO. The predicted octanol–water partition coefficient (Wildman–Crippen LogP) is 2.81. The van der Waals surface area contributed by atoms with Gasteiger partial charge in [-0.2, -0.15) is 0 Å². The molecule has 2 nitrogen and oxygen atoms in total. The van der Waals surface area contributed by atoms with Gasteiger partial charge in [0.2, 0.25) is 0 Å². The summed E-state index contributed by atoms with van der Waals surface area (Å²) in [7, 11) is 1.70. The monoisotopic (exact) mass is 203 g/mol. The fourth-order valence-corrected chi connectivity index (χ4v) is 1.83. The highest BCUT2D eigenvalue weighted by Crippen LogP contribution is 2.18. The lowest BCUT2D eigenvalue weighted by Gasteiger charge is -2.16. The molecule has 2 heteroatoms. The van der Waals surface area contributed by atoms with Crippen molar-refractivity contribution in [2.24, 2.45) is 0 Å². The largest absolute Gasteiger partial charge is 0.497 e. The average Bonchev–Trinajstić information content (AvgIpc) is 2.31. The molecule has 1 fully saturated rings. The minimum atomic E-state index is 0.917. The lowest BCUT2D eigenvalue weighted by molar-refractivity contribution is 0.414. The fraction of sp³-hybridized carbons (Fsp3) is 0.385. The van der Waals surface area contributed by atoms with Crippen molar-refractivity contribution in [1.29, 1.82) is 0 Å². The first-order valence-electron chi connectivity index (χ1n) is 5.47. The van der Waals surface area contributed by atoms with Gasteiger partial charge < -0.3 is 10.1 Å². The van der Waals surface area contributed by atoms with Gasteiger partial charge in [0.05, 0.1) is 7.11 Å². The van der Waals surface area contributed by atoms with Crippen molar-refractivity contribution in [3.05, 3.63) is 35.5 Å². The molecule has 0 unspecified atom stereocenters. The van der Waals surface area contributed by atoms with Crippen LogP contribution in [0.1, 0.15) is 24.8 Å². The second-order valence-electron chi connectivity index (χ2n) is 3.83. The molecule has 1 saturated heterocycles. The summed E-state index contributed by atoms with van der Waals surface area (Å²) >= 11 is 0. The quantitative estimate of drug-likeness (QED) is 0.798. The van der Waals surface area contributed by atoms with Crippen LogP contribution < -0.4 is 10.1 Å². The molecule has 0 bridgehead atoms. The first-order chi connectivity index (χ1) is 7.38. The highest BCUT2D eigenvalue weighted by Gasteiger charge is 2.03. The van der Waals surface area contributed by atoms with E-state index in [1.54, 1.807) is 7.11 Å². The van der Waals surface area contributed by atoms with Gasteiger partial charge in [0, 0.05) is 12.2 Å². The minimum absolute atomic E-state index is 0.917. The Hall–Kier alpha value is -1.44. The normalized spacial score (nSPS) is 18.6. The number of hydrogen-bond acceptors (Lipinski definition) is 2. The van der Waals surface area contributed by atoms with Crippen LogP contribution in [0, 0.1) is 0 Å².